The van der Waals surface area contributed by atoms with Crippen molar-refractivity contribution in [1.82, 2.24) is 4.98 Å². The first kappa shape index (κ1) is 13.6. The summed E-state index contributed by atoms with van der Waals surface area (Å²) in [7, 11) is 0. The highest BCUT2D eigenvalue weighted by atomic mass is 19.1. The zero-order chi connectivity index (χ0) is 14.7. The molecule has 7 heteroatoms. The van der Waals surface area contributed by atoms with Crippen LogP contribution < -0.4 is 11.1 Å². The van der Waals surface area contributed by atoms with Crippen LogP contribution in [0.1, 0.15) is 20.7 Å². The molecule has 1 aromatic carbocycles. The highest BCUT2D eigenvalue weighted by Gasteiger charge is 2.12. The van der Waals surface area contributed by atoms with Crippen molar-refractivity contribution in [2.75, 3.05) is 5.32 Å². The number of benzene rings is 1. The van der Waals surface area contributed by atoms with Crippen LogP contribution in [0, 0.1) is 11.8 Å². The van der Waals surface area contributed by atoms with E-state index in [1.165, 1.54) is 12.1 Å². The Morgan fingerprint density at radius 3 is 2.40 bits per heavy atom. The van der Waals surface area contributed by atoms with Crippen LogP contribution in [0.4, 0.5) is 14.5 Å². The smallest absolute Gasteiger partial charge is 0.257 e. The molecule has 0 unspecified atom stereocenters. The van der Waals surface area contributed by atoms with Crippen molar-refractivity contribution in [3.05, 3.63) is 59.4 Å². The second-order valence-electron chi connectivity index (χ2n) is 3.88. The van der Waals surface area contributed by atoms with Crippen molar-refractivity contribution in [2.45, 2.75) is 0 Å². The van der Waals surface area contributed by atoms with Gasteiger partial charge in [0.1, 0.15) is 5.82 Å². The molecule has 2 aromatic rings. The van der Waals surface area contributed by atoms with Crippen molar-refractivity contribution in [2.24, 2.45) is 5.73 Å². The van der Waals surface area contributed by atoms with Gasteiger partial charge in [-0.3, -0.25) is 9.59 Å². The van der Waals surface area contributed by atoms with Gasteiger partial charge >= 0.3 is 0 Å². The van der Waals surface area contributed by atoms with Gasteiger partial charge in [0.15, 0.2) is 0 Å². The number of nitrogens with one attached hydrogen (secondary N) is 1. The molecule has 0 saturated carbocycles. The van der Waals surface area contributed by atoms with E-state index in [1.54, 1.807) is 0 Å². The van der Waals surface area contributed by atoms with Crippen molar-refractivity contribution < 1.29 is 18.4 Å². The minimum atomic E-state index is -0.746. The molecule has 102 valence electrons. The fraction of sp³-hybridized carbons (Fsp3) is 0. The molecule has 0 aliphatic rings. The number of anilines is 1. The summed E-state index contributed by atoms with van der Waals surface area (Å²) >= 11 is 0. The Morgan fingerprint density at radius 2 is 1.80 bits per heavy atom. The maximum absolute atomic E-state index is 13.5. The Kier molecular flexibility index (Phi) is 3.69. The van der Waals surface area contributed by atoms with Gasteiger partial charge in [-0.1, -0.05) is 0 Å². The molecule has 0 aliphatic carbocycles. The van der Waals surface area contributed by atoms with Crippen molar-refractivity contribution >= 4 is 17.5 Å². The van der Waals surface area contributed by atoms with E-state index in [9.17, 15) is 18.4 Å². The molecule has 1 heterocycles. The van der Waals surface area contributed by atoms with Crippen LogP contribution in [0.25, 0.3) is 0 Å². The number of primary amides is 1. The maximum Gasteiger partial charge on any atom is 0.257 e. The molecule has 0 fully saturated rings. The molecule has 0 aliphatic heterocycles. The number of carbonyl (C=O) groups is 2. The number of nitrogens with two attached hydrogens (primary N) is 1. The lowest BCUT2D eigenvalue weighted by Gasteiger charge is -2.07. The fourth-order valence-electron chi connectivity index (χ4n) is 1.48. The topological polar surface area (TPSA) is 85.1 Å². The third-order valence-electron chi connectivity index (χ3n) is 2.49. The van der Waals surface area contributed by atoms with Crippen molar-refractivity contribution in [1.29, 1.82) is 0 Å². The van der Waals surface area contributed by atoms with Gasteiger partial charge in [0, 0.05) is 11.8 Å². The second-order valence-corrected chi connectivity index (χ2v) is 3.88. The molecule has 0 radical (unpaired) electrons. The van der Waals surface area contributed by atoms with Gasteiger partial charge in [0.25, 0.3) is 5.91 Å². The van der Waals surface area contributed by atoms with E-state index in [2.05, 4.69) is 10.3 Å². The van der Waals surface area contributed by atoms with Gasteiger partial charge in [0.2, 0.25) is 11.9 Å². The lowest BCUT2D eigenvalue weighted by atomic mass is 10.1. The number of aromatic nitrogens is 1. The molecular formula is C13H9F2N3O2. The van der Waals surface area contributed by atoms with Gasteiger partial charge in [-0.05, 0) is 30.3 Å². The number of amides is 2. The Hall–Kier alpha value is -2.83. The van der Waals surface area contributed by atoms with E-state index in [1.807, 2.05) is 0 Å². The lowest BCUT2D eigenvalue weighted by molar-refractivity contribution is 0.0996. The van der Waals surface area contributed by atoms with Crippen LogP contribution in [-0.2, 0) is 0 Å². The molecule has 2 amide bonds. The minimum absolute atomic E-state index is 0.0512. The maximum atomic E-state index is 13.5. The molecule has 0 atom stereocenters. The van der Waals surface area contributed by atoms with Gasteiger partial charge in [-0.2, -0.15) is 4.39 Å². The quantitative estimate of drug-likeness (QED) is 0.837. The Labute approximate surface area is 112 Å². The third kappa shape index (κ3) is 2.94. The van der Waals surface area contributed by atoms with E-state index in [0.717, 1.165) is 24.4 Å². The highest BCUT2D eigenvalue weighted by Crippen LogP contribution is 2.17. The molecule has 5 nitrogen and oxygen atoms in total. The minimum Gasteiger partial charge on any atom is -0.366 e. The third-order valence-corrected chi connectivity index (χ3v) is 2.49. The molecule has 20 heavy (non-hydrogen) atoms. The predicted molar refractivity (Wildman–Crippen MR) is 67.1 cm³/mol. The molecular weight excluding hydrogens is 268 g/mol. The van der Waals surface area contributed by atoms with Crippen LogP contribution in [-0.4, -0.2) is 16.8 Å². The van der Waals surface area contributed by atoms with E-state index < -0.39 is 23.6 Å². The highest BCUT2D eigenvalue weighted by molar-refractivity contribution is 6.04. The van der Waals surface area contributed by atoms with Crippen LogP contribution in [0.5, 0.6) is 0 Å². The molecule has 0 saturated heterocycles. The van der Waals surface area contributed by atoms with Gasteiger partial charge in [-0.25, -0.2) is 9.37 Å². The Morgan fingerprint density at radius 1 is 1.10 bits per heavy atom. The fourth-order valence-corrected chi connectivity index (χ4v) is 1.48. The monoisotopic (exact) mass is 277 g/mol. The summed E-state index contributed by atoms with van der Waals surface area (Å²) in [5.41, 5.74) is 4.97. The standard InChI is InChI=1S/C13H9F2N3O2/c14-9-3-1-7(12(16)19)5-10(9)18-13(20)8-2-4-11(15)17-6-8/h1-6H,(H2,16,19)(H,18,20). The van der Waals surface area contributed by atoms with E-state index in [0.29, 0.717) is 0 Å². The molecule has 0 spiro atoms. The normalized spacial score (nSPS) is 10.1. The summed E-state index contributed by atoms with van der Waals surface area (Å²) in [5.74, 6) is -2.89. The van der Waals surface area contributed by atoms with Crippen molar-refractivity contribution in [3.63, 3.8) is 0 Å². The summed E-state index contributed by atoms with van der Waals surface area (Å²) in [6.45, 7) is 0. The Bertz CT molecular complexity index is 672. The van der Waals surface area contributed by atoms with Crippen LogP contribution in [0.3, 0.4) is 0 Å². The summed E-state index contributed by atoms with van der Waals surface area (Å²) in [4.78, 5) is 26.1. The van der Waals surface area contributed by atoms with Crippen LogP contribution in [0.2, 0.25) is 0 Å². The first-order chi connectivity index (χ1) is 9.47. The van der Waals surface area contributed by atoms with Gasteiger partial charge in [0.05, 0.1) is 11.3 Å². The van der Waals surface area contributed by atoms with Crippen LogP contribution in [0.15, 0.2) is 36.5 Å². The summed E-state index contributed by atoms with van der Waals surface area (Å²) in [6, 6.07) is 5.54. The number of hydrogen-bond acceptors (Lipinski definition) is 3. The SMILES string of the molecule is NC(=O)c1ccc(F)c(NC(=O)c2ccc(F)nc2)c1. The number of pyridine rings is 1. The van der Waals surface area contributed by atoms with E-state index >= 15 is 0 Å². The lowest BCUT2D eigenvalue weighted by Crippen LogP contribution is -2.16. The number of carbonyl (C=O) groups excluding carboxylic acids is 2. The largest absolute Gasteiger partial charge is 0.366 e. The average Bonchev–Trinajstić information content (AvgIpc) is 2.41. The molecule has 3 N–H and O–H groups in total. The summed E-state index contributed by atoms with van der Waals surface area (Å²) < 4.78 is 26.2. The van der Waals surface area contributed by atoms with Gasteiger partial charge < -0.3 is 11.1 Å². The summed E-state index contributed by atoms with van der Waals surface area (Å²) in [6.07, 6.45) is 1.01. The van der Waals surface area contributed by atoms with Crippen molar-refractivity contribution in [3.8, 4) is 0 Å². The van der Waals surface area contributed by atoms with Gasteiger partial charge in [-0.15, -0.1) is 0 Å². The molecule has 2 rings (SSSR count). The number of nitrogens with zero attached hydrogens (tertiary/aromatic N) is 1. The first-order valence-corrected chi connectivity index (χ1v) is 5.49. The summed E-state index contributed by atoms with van der Waals surface area (Å²) in [5, 5.41) is 2.26. The Balaban J connectivity index is 2.25. The predicted octanol–water partition coefficient (Wildman–Crippen LogP) is 1.71. The van der Waals surface area contributed by atoms with Crippen LogP contribution >= 0.6 is 0 Å². The number of halogens is 2. The second kappa shape index (κ2) is 5.43. The van der Waals surface area contributed by atoms with E-state index in [4.69, 9.17) is 5.73 Å². The number of rotatable bonds is 3. The molecule has 0 bridgehead atoms. The number of hydrogen-bond donors (Lipinski definition) is 2. The average molecular weight is 277 g/mol. The zero-order valence-corrected chi connectivity index (χ0v) is 10.1. The molecule has 1 aromatic heterocycles. The first-order valence-electron chi connectivity index (χ1n) is 5.49. The van der Waals surface area contributed by atoms with E-state index in [-0.39, 0.29) is 16.8 Å². The zero-order valence-electron chi connectivity index (χ0n) is 10.1.